The van der Waals surface area contributed by atoms with Crippen LogP contribution >= 0.6 is 0 Å². The Hall–Kier alpha value is -1.49. The van der Waals surface area contributed by atoms with Crippen molar-refractivity contribution in [3.8, 4) is 0 Å². The summed E-state index contributed by atoms with van der Waals surface area (Å²) in [5.41, 5.74) is 1.16. The van der Waals surface area contributed by atoms with Gasteiger partial charge in [-0.3, -0.25) is 9.47 Å². The van der Waals surface area contributed by atoms with Crippen LogP contribution in [0.4, 0.5) is 8.78 Å². The molecule has 1 atom stereocenters. The first kappa shape index (κ1) is 13.5. The second-order valence-electron chi connectivity index (χ2n) is 5.65. The van der Waals surface area contributed by atoms with Crippen molar-refractivity contribution in [2.75, 3.05) is 13.1 Å². The summed E-state index contributed by atoms with van der Waals surface area (Å²) in [5, 5.41) is 0. The number of imidazole rings is 1. The molecule has 1 aliphatic heterocycles. The summed E-state index contributed by atoms with van der Waals surface area (Å²) in [6.07, 6.45) is 2.36. The number of piperidine rings is 1. The van der Waals surface area contributed by atoms with Crippen LogP contribution in [0.2, 0.25) is 0 Å². The van der Waals surface area contributed by atoms with Crippen LogP contribution in [-0.4, -0.2) is 27.5 Å². The molecule has 1 fully saturated rings. The van der Waals surface area contributed by atoms with E-state index < -0.39 is 6.55 Å². The Morgan fingerprint density at radius 3 is 2.90 bits per heavy atom. The van der Waals surface area contributed by atoms with Gasteiger partial charge >= 0.3 is 6.55 Å². The monoisotopic (exact) mass is 279 g/mol. The van der Waals surface area contributed by atoms with Crippen LogP contribution in [0.25, 0.3) is 11.0 Å². The molecule has 2 heterocycles. The Bertz CT molecular complexity index is 594. The van der Waals surface area contributed by atoms with Crippen LogP contribution in [0.15, 0.2) is 24.3 Å². The Balaban J connectivity index is 1.92. The summed E-state index contributed by atoms with van der Waals surface area (Å²) in [6.45, 7) is 2.11. The number of halogens is 2. The van der Waals surface area contributed by atoms with Gasteiger partial charge < -0.3 is 0 Å². The molecule has 0 aliphatic carbocycles. The number of aromatic nitrogens is 2. The van der Waals surface area contributed by atoms with Gasteiger partial charge in [0.2, 0.25) is 0 Å². The molecule has 1 saturated heterocycles. The fourth-order valence-electron chi connectivity index (χ4n) is 3.05. The van der Waals surface area contributed by atoms with Crippen LogP contribution in [0.5, 0.6) is 0 Å². The molecule has 0 radical (unpaired) electrons. The number of nitrogens with zero attached hydrogens (tertiary/aromatic N) is 3. The minimum Gasteiger partial charge on any atom is -0.296 e. The lowest BCUT2D eigenvalue weighted by Crippen LogP contribution is -2.34. The Labute approximate surface area is 117 Å². The highest BCUT2D eigenvalue weighted by Crippen LogP contribution is 2.25. The van der Waals surface area contributed by atoms with Crippen LogP contribution in [0.1, 0.15) is 32.1 Å². The molecule has 1 aliphatic rings. The molecule has 0 saturated carbocycles. The van der Waals surface area contributed by atoms with E-state index in [4.69, 9.17) is 0 Å². The van der Waals surface area contributed by atoms with E-state index in [0.717, 1.165) is 24.1 Å². The van der Waals surface area contributed by atoms with Crippen molar-refractivity contribution >= 4 is 11.0 Å². The fraction of sp³-hybridized carbons (Fsp3) is 0.533. The molecule has 0 amide bonds. The maximum absolute atomic E-state index is 13.3. The second-order valence-corrected chi connectivity index (χ2v) is 5.65. The predicted molar refractivity (Wildman–Crippen MR) is 74.7 cm³/mol. The van der Waals surface area contributed by atoms with Crippen molar-refractivity contribution in [2.45, 2.75) is 32.9 Å². The average Bonchev–Trinajstić information content (AvgIpc) is 2.76. The molecule has 1 unspecified atom stereocenters. The number of para-hydroxylation sites is 2. The second kappa shape index (κ2) is 5.48. The number of hydrogen-bond donors (Lipinski definition) is 0. The highest BCUT2D eigenvalue weighted by Gasteiger charge is 2.22. The van der Waals surface area contributed by atoms with Crippen LogP contribution in [-0.2, 0) is 6.54 Å². The lowest BCUT2D eigenvalue weighted by Gasteiger charge is -2.30. The summed E-state index contributed by atoms with van der Waals surface area (Å²) in [5.74, 6) is 1.10. The summed E-state index contributed by atoms with van der Waals surface area (Å²) in [6, 6.07) is 7.10. The quantitative estimate of drug-likeness (QED) is 0.855. The van der Waals surface area contributed by atoms with Gasteiger partial charge in [-0.2, -0.15) is 8.78 Å². The molecule has 1 aromatic carbocycles. The first-order valence-electron chi connectivity index (χ1n) is 7.11. The molecule has 5 heteroatoms. The van der Waals surface area contributed by atoms with Gasteiger partial charge in [0.15, 0.2) is 0 Å². The molecule has 3 rings (SSSR count). The van der Waals surface area contributed by atoms with E-state index >= 15 is 0 Å². The molecule has 3 nitrogen and oxygen atoms in total. The van der Waals surface area contributed by atoms with Gasteiger partial charge in [-0.25, -0.2) is 4.98 Å². The zero-order valence-electron chi connectivity index (χ0n) is 11.6. The number of alkyl halides is 2. The fourth-order valence-corrected chi connectivity index (χ4v) is 3.05. The van der Waals surface area contributed by atoms with E-state index in [1.54, 1.807) is 18.2 Å². The highest BCUT2D eigenvalue weighted by molar-refractivity contribution is 5.75. The normalized spacial score (nSPS) is 20.9. The maximum Gasteiger partial charge on any atom is 0.320 e. The van der Waals surface area contributed by atoms with Crippen molar-refractivity contribution in [1.82, 2.24) is 14.5 Å². The van der Waals surface area contributed by atoms with Gasteiger partial charge in [0.25, 0.3) is 0 Å². The molecule has 20 heavy (non-hydrogen) atoms. The molecule has 0 spiro atoms. The van der Waals surface area contributed by atoms with Crippen LogP contribution in [0.3, 0.4) is 0 Å². The Morgan fingerprint density at radius 2 is 2.15 bits per heavy atom. The highest BCUT2D eigenvalue weighted by atomic mass is 19.3. The zero-order chi connectivity index (χ0) is 14.1. The van der Waals surface area contributed by atoms with Crippen LogP contribution < -0.4 is 0 Å². The molecular formula is C15H19F2N3. The molecule has 1 aromatic heterocycles. The van der Waals surface area contributed by atoms with Gasteiger partial charge in [-0.05, 0) is 37.4 Å². The molecular weight excluding hydrogens is 260 g/mol. The van der Waals surface area contributed by atoms with Gasteiger partial charge in [-0.1, -0.05) is 19.1 Å². The van der Waals surface area contributed by atoms with Crippen molar-refractivity contribution < 1.29 is 8.78 Å². The smallest absolute Gasteiger partial charge is 0.296 e. The average molecular weight is 279 g/mol. The first-order valence-corrected chi connectivity index (χ1v) is 7.11. The van der Waals surface area contributed by atoms with Gasteiger partial charge in [0.1, 0.15) is 5.82 Å². The summed E-state index contributed by atoms with van der Waals surface area (Å²) in [7, 11) is 0. The van der Waals surface area contributed by atoms with E-state index in [-0.39, 0.29) is 0 Å². The van der Waals surface area contributed by atoms with E-state index in [1.807, 2.05) is 6.07 Å². The van der Waals surface area contributed by atoms with Crippen molar-refractivity contribution in [2.24, 2.45) is 5.92 Å². The third-order valence-corrected chi connectivity index (χ3v) is 3.97. The minimum atomic E-state index is -2.54. The van der Waals surface area contributed by atoms with Crippen molar-refractivity contribution in [1.29, 1.82) is 0 Å². The van der Waals surface area contributed by atoms with Crippen molar-refractivity contribution in [3.05, 3.63) is 30.1 Å². The predicted octanol–water partition coefficient (Wildman–Crippen LogP) is 3.66. The lowest BCUT2D eigenvalue weighted by molar-refractivity contribution is 0.0665. The topological polar surface area (TPSA) is 21.1 Å². The van der Waals surface area contributed by atoms with Gasteiger partial charge in [0, 0.05) is 6.54 Å². The third kappa shape index (κ3) is 2.54. The van der Waals surface area contributed by atoms with E-state index in [1.165, 1.54) is 6.42 Å². The van der Waals surface area contributed by atoms with Crippen LogP contribution in [0, 0.1) is 5.92 Å². The number of fused-ring (bicyclic) bond motifs is 1. The number of likely N-dealkylation sites (tertiary alicyclic amines) is 1. The number of rotatable bonds is 3. The molecule has 0 N–H and O–H groups in total. The molecule has 0 bridgehead atoms. The molecule has 108 valence electrons. The van der Waals surface area contributed by atoms with E-state index in [2.05, 4.69) is 16.8 Å². The SMILES string of the molecule is CC1CCCN(Cc2nc3ccccc3n2C(F)F)C1. The Morgan fingerprint density at radius 1 is 1.35 bits per heavy atom. The van der Waals surface area contributed by atoms with Gasteiger partial charge in [0.05, 0.1) is 17.6 Å². The maximum atomic E-state index is 13.3. The van der Waals surface area contributed by atoms with Gasteiger partial charge in [-0.15, -0.1) is 0 Å². The zero-order valence-corrected chi connectivity index (χ0v) is 11.6. The standard InChI is InChI=1S/C15H19F2N3/c1-11-5-4-8-19(9-11)10-14-18-12-6-2-3-7-13(12)20(14)15(16)17/h2-3,6-7,11,15H,4-5,8-10H2,1H3. The summed E-state index contributed by atoms with van der Waals surface area (Å²) in [4.78, 5) is 6.62. The number of hydrogen-bond acceptors (Lipinski definition) is 2. The lowest BCUT2D eigenvalue weighted by atomic mass is 10.0. The molecule has 2 aromatic rings. The first-order chi connectivity index (χ1) is 9.65. The largest absolute Gasteiger partial charge is 0.320 e. The third-order valence-electron chi connectivity index (χ3n) is 3.97. The Kier molecular flexibility index (Phi) is 3.70. The van der Waals surface area contributed by atoms with E-state index in [0.29, 0.717) is 29.3 Å². The van der Waals surface area contributed by atoms with Crippen molar-refractivity contribution in [3.63, 3.8) is 0 Å². The minimum absolute atomic E-state index is 0.468. The van der Waals surface area contributed by atoms with E-state index in [9.17, 15) is 8.78 Å². The number of benzene rings is 1. The summed E-state index contributed by atoms with van der Waals surface area (Å²) >= 11 is 0. The summed E-state index contributed by atoms with van der Waals surface area (Å²) < 4.78 is 27.7.